The van der Waals surface area contributed by atoms with Crippen LogP contribution in [0.2, 0.25) is 10.0 Å². The van der Waals surface area contributed by atoms with Crippen molar-refractivity contribution in [1.82, 2.24) is 9.80 Å². The van der Waals surface area contributed by atoms with E-state index in [-0.39, 0.29) is 24.4 Å². The lowest BCUT2D eigenvalue weighted by molar-refractivity contribution is -0.138. The molecule has 0 radical (unpaired) electrons. The average Bonchev–Trinajstić information content (AvgIpc) is 2.82. The van der Waals surface area contributed by atoms with Gasteiger partial charge in [0.2, 0.25) is 11.8 Å². The van der Waals surface area contributed by atoms with Gasteiger partial charge in [0, 0.05) is 17.1 Å². The first-order chi connectivity index (χ1) is 9.90. The third kappa shape index (κ3) is 3.84. The first-order valence-corrected chi connectivity index (χ1v) is 8.37. The summed E-state index contributed by atoms with van der Waals surface area (Å²) in [5.41, 5.74) is 0.832. The number of halogens is 2. The second-order valence-corrected chi connectivity index (χ2v) is 6.71. The van der Waals surface area contributed by atoms with E-state index in [9.17, 15) is 9.59 Å². The smallest absolute Gasteiger partial charge is 0.242 e. The number of likely N-dealkylation sites (N-methyl/N-ethyl adjacent to an activating group) is 1. The molecule has 1 aromatic carbocycles. The molecular weight excluding hydrogens is 331 g/mol. The summed E-state index contributed by atoms with van der Waals surface area (Å²) in [6.07, 6.45) is 0. The highest BCUT2D eigenvalue weighted by Gasteiger charge is 2.26. The lowest BCUT2D eigenvalue weighted by Gasteiger charge is -2.28. The Balaban J connectivity index is 2.05. The van der Waals surface area contributed by atoms with Crippen molar-refractivity contribution in [1.29, 1.82) is 0 Å². The van der Waals surface area contributed by atoms with Crippen LogP contribution in [0.15, 0.2) is 18.2 Å². The number of thioether (sulfide) groups is 1. The Hall–Kier alpha value is -0.910. The molecule has 4 nitrogen and oxygen atoms in total. The van der Waals surface area contributed by atoms with Crippen molar-refractivity contribution in [3.63, 3.8) is 0 Å². The molecule has 0 saturated carbocycles. The van der Waals surface area contributed by atoms with Gasteiger partial charge in [-0.1, -0.05) is 29.3 Å². The van der Waals surface area contributed by atoms with Crippen LogP contribution in [-0.2, 0) is 9.59 Å². The summed E-state index contributed by atoms with van der Waals surface area (Å²) in [4.78, 5) is 27.0. The van der Waals surface area contributed by atoms with Gasteiger partial charge >= 0.3 is 0 Å². The molecule has 2 amide bonds. The SMILES string of the molecule is C[C@@H](c1ccc(Cl)cc1Cl)N(C)C(=O)CN1CSCC1=O. The zero-order chi connectivity index (χ0) is 15.6. The maximum Gasteiger partial charge on any atom is 0.242 e. The number of hydrogen-bond acceptors (Lipinski definition) is 3. The third-order valence-corrected chi connectivity index (χ3v) is 5.05. The van der Waals surface area contributed by atoms with E-state index in [0.29, 0.717) is 21.7 Å². The molecule has 1 heterocycles. The number of amides is 2. The van der Waals surface area contributed by atoms with Gasteiger partial charge in [-0.05, 0) is 24.6 Å². The molecule has 21 heavy (non-hydrogen) atoms. The molecule has 0 aromatic heterocycles. The molecule has 1 fully saturated rings. The van der Waals surface area contributed by atoms with E-state index in [1.807, 2.05) is 13.0 Å². The van der Waals surface area contributed by atoms with Gasteiger partial charge in [0.25, 0.3) is 0 Å². The van der Waals surface area contributed by atoms with Gasteiger partial charge in [0.1, 0.15) is 6.54 Å². The molecule has 0 unspecified atom stereocenters. The normalized spacial score (nSPS) is 16.2. The van der Waals surface area contributed by atoms with E-state index in [0.717, 1.165) is 5.56 Å². The summed E-state index contributed by atoms with van der Waals surface area (Å²) >= 11 is 13.6. The standard InChI is InChI=1S/C14H16Cl2N2O2S/c1-9(11-4-3-10(15)5-12(11)16)17(2)13(19)6-18-8-21-7-14(18)20/h3-5,9H,6-8H2,1-2H3/t9-/m0/s1. The molecular formula is C14H16Cl2N2O2S. The molecule has 1 aliphatic rings. The van der Waals surface area contributed by atoms with E-state index in [1.54, 1.807) is 29.0 Å². The number of rotatable bonds is 4. The predicted molar refractivity (Wildman–Crippen MR) is 86.7 cm³/mol. The van der Waals surface area contributed by atoms with Crippen LogP contribution in [-0.4, -0.2) is 46.8 Å². The van der Waals surface area contributed by atoms with Crippen LogP contribution in [0.4, 0.5) is 0 Å². The molecule has 114 valence electrons. The van der Waals surface area contributed by atoms with E-state index in [2.05, 4.69) is 0 Å². The fraction of sp³-hybridized carbons (Fsp3) is 0.429. The average molecular weight is 347 g/mol. The molecule has 0 N–H and O–H groups in total. The van der Waals surface area contributed by atoms with Crippen molar-refractivity contribution in [2.24, 2.45) is 0 Å². The second-order valence-electron chi connectivity index (χ2n) is 4.92. The lowest BCUT2D eigenvalue weighted by atomic mass is 10.1. The minimum absolute atomic E-state index is 0.0129. The molecule has 7 heteroatoms. The van der Waals surface area contributed by atoms with Crippen molar-refractivity contribution in [2.45, 2.75) is 13.0 Å². The summed E-state index contributed by atoms with van der Waals surface area (Å²) in [6.45, 7) is 2.01. The molecule has 1 aliphatic heterocycles. The van der Waals surface area contributed by atoms with E-state index >= 15 is 0 Å². The van der Waals surface area contributed by atoms with Gasteiger partial charge in [-0.3, -0.25) is 9.59 Å². The van der Waals surface area contributed by atoms with Gasteiger partial charge < -0.3 is 9.80 Å². The Morgan fingerprint density at radius 2 is 2.19 bits per heavy atom. The van der Waals surface area contributed by atoms with Crippen LogP contribution >= 0.6 is 35.0 Å². The number of benzene rings is 1. The van der Waals surface area contributed by atoms with Crippen LogP contribution in [0.25, 0.3) is 0 Å². The van der Waals surface area contributed by atoms with Crippen molar-refractivity contribution >= 4 is 46.8 Å². The number of carbonyl (C=O) groups is 2. The first kappa shape index (κ1) is 16.5. The van der Waals surface area contributed by atoms with E-state index in [4.69, 9.17) is 23.2 Å². The Bertz CT molecular complexity index is 568. The van der Waals surface area contributed by atoms with Gasteiger partial charge in [-0.25, -0.2) is 0 Å². The van der Waals surface area contributed by atoms with Gasteiger partial charge in [0.05, 0.1) is 17.7 Å². The summed E-state index contributed by atoms with van der Waals surface area (Å²) in [5.74, 6) is 0.938. The first-order valence-electron chi connectivity index (χ1n) is 6.46. The molecule has 1 atom stereocenters. The Morgan fingerprint density at radius 3 is 2.76 bits per heavy atom. The summed E-state index contributed by atoms with van der Waals surface area (Å²) < 4.78 is 0. The quantitative estimate of drug-likeness (QED) is 0.841. The zero-order valence-corrected chi connectivity index (χ0v) is 14.1. The minimum Gasteiger partial charge on any atom is -0.337 e. The minimum atomic E-state index is -0.187. The Labute approximate surface area is 138 Å². The molecule has 1 saturated heterocycles. The Kier molecular flexibility index (Phi) is 5.41. The van der Waals surface area contributed by atoms with Gasteiger partial charge in [-0.15, -0.1) is 11.8 Å². The fourth-order valence-electron chi connectivity index (χ4n) is 2.08. The van der Waals surface area contributed by atoms with Crippen molar-refractivity contribution in [3.8, 4) is 0 Å². The number of carbonyl (C=O) groups excluding carboxylic acids is 2. The lowest BCUT2D eigenvalue weighted by Crippen LogP contribution is -2.40. The highest BCUT2D eigenvalue weighted by Crippen LogP contribution is 2.29. The summed E-state index contributed by atoms with van der Waals surface area (Å²) in [6, 6.07) is 5.04. The van der Waals surface area contributed by atoms with Crippen LogP contribution in [0.3, 0.4) is 0 Å². The van der Waals surface area contributed by atoms with Gasteiger partial charge in [0.15, 0.2) is 0 Å². The molecule has 0 spiro atoms. The maximum atomic E-state index is 12.3. The molecule has 0 bridgehead atoms. The van der Waals surface area contributed by atoms with Crippen molar-refractivity contribution in [2.75, 3.05) is 25.2 Å². The number of hydrogen-bond donors (Lipinski definition) is 0. The molecule has 0 aliphatic carbocycles. The summed E-state index contributed by atoms with van der Waals surface area (Å²) in [7, 11) is 1.71. The van der Waals surface area contributed by atoms with Crippen molar-refractivity contribution in [3.05, 3.63) is 33.8 Å². The third-order valence-electron chi connectivity index (χ3n) is 3.54. The Morgan fingerprint density at radius 1 is 1.48 bits per heavy atom. The monoisotopic (exact) mass is 346 g/mol. The van der Waals surface area contributed by atoms with Crippen LogP contribution in [0.1, 0.15) is 18.5 Å². The second kappa shape index (κ2) is 6.90. The van der Waals surface area contributed by atoms with Crippen molar-refractivity contribution < 1.29 is 9.59 Å². The topological polar surface area (TPSA) is 40.6 Å². The van der Waals surface area contributed by atoms with Crippen LogP contribution in [0, 0.1) is 0 Å². The largest absolute Gasteiger partial charge is 0.337 e. The number of nitrogens with zero attached hydrogens (tertiary/aromatic N) is 2. The molecule has 2 rings (SSSR count). The molecule has 1 aromatic rings. The highest BCUT2D eigenvalue weighted by atomic mass is 35.5. The highest BCUT2D eigenvalue weighted by molar-refractivity contribution is 8.00. The fourth-order valence-corrected chi connectivity index (χ4v) is 3.55. The maximum absolute atomic E-state index is 12.3. The van der Waals surface area contributed by atoms with Crippen LogP contribution in [0.5, 0.6) is 0 Å². The van der Waals surface area contributed by atoms with Gasteiger partial charge in [-0.2, -0.15) is 0 Å². The summed E-state index contributed by atoms with van der Waals surface area (Å²) in [5, 5.41) is 1.09. The van der Waals surface area contributed by atoms with E-state index in [1.165, 1.54) is 11.8 Å². The predicted octanol–water partition coefficient (Wildman–Crippen LogP) is 3.05. The van der Waals surface area contributed by atoms with E-state index < -0.39 is 0 Å². The van der Waals surface area contributed by atoms with Crippen LogP contribution < -0.4 is 0 Å². The zero-order valence-electron chi connectivity index (χ0n) is 11.8.